The van der Waals surface area contributed by atoms with Crippen LogP contribution in [0, 0.1) is 0 Å². The smallest absolute Gasteiger partial charge is 0.247 e. The molecule has 1 aliphatic heterocycles. The minimum absolute atomic E-state index is 0.204. The van der Waals surface area contributed by atoms with E-state index >= 15 is 0 Å². The predicted octanol–water partition coefficient (Wildman–Crippen LogP) is 3.12. The van der Waals surface area contributed by atoms with Crippen molar-refractivity contribution < 1.29 is 19.1 Å². The van der Waals surface area contributed by atoms with Crippen LogP contribution < -0.4 is 16.0 Å². The number of aromatic nitrogens is 1. The Kier molecular flexibility index (Phi) is 11.3. The molecule has 3 aromatic rings. The van der Waals surface area contributed by atoms with Gasteiger partial charge in [0.2, 0.25) is 17.7 Å². The van der Waals surface area contributed by atoms with Gasteiger partial charge < -0.3 is 20.7 Å². The topological polar surface area (TPSA) is 113 Å². The van der Waals surface area contributed by atoms with Crippen LogP contribution in [-0.2, 0) is 32.0 Å². The highest BCUT2D eigenvalue weighted by molar-refractivity contribution is 7.18. The number of benzene rings is 2. The van der Waals surface area contributed by atoms with E-state index < -0.39 is 12.1 Å². The number of nitrogens with zero attached hydrogens (tertiary/aromatic N) is 2. The van der Waals surface area contributed by atoms with Gasteiger partial charge in [0.1, 0.15) is 6.04 Å². The minimum atomic E-state index is -0.830. The Morgan fingerprint density at radius 3 is 2.59 bits per heavy atom. The molecule has 4 rings (SSSR count). The number of carbonyl (C=O) groups excluding carboxylic acids is 3. The molecular weight excluding hydrogens is 562 g/mol. The second-order valence-electron chi connectivity index (χ2n) is 9.99. The van der Waals surface area contributed by atoms with Crippen LogP contribution in [0.3, 0.4) is 0 Å². The van der Waals surface area contributed by atoms with E-state index in [2.05, 4.69) is 32.4 Å². The van der Waals surface area contributed by atoms with Crippen molar-refractivity contribution >= 4 is 50.9 Å². The van der Waals surface area contributed by atoms with E-state index in [4.69, 9.17) is 16.3 Å². The molecule has 2 aromatic carbocycles. The van der Waals surface area contributed by atoms with Crippen molar-refractivity contribution in [2.45, 2.75) is 38.3 Å². The molecular formula is C30H36ClN5O4S. The van der Waals surface area contributed by atoms with Crippen LogP contribution in [0.5, 0.6) is 0 Å². The lowest BCUT2D eigenvalue weighted by atomic mass is 10.0. The quantitative estimate of drug-likeness (QED) is 0.261. The normalized spacial score (nSPS) is 15.2. The van der Waals surface area contributed by atoms with Gasteiger partial charge in [-0.1, -0.05) is 55.4 Å². The summed E-state index contributed by atoms with van der Waals surface area (Å²) in [4.78, 5) is 45.6. The van der Waals surface area contributed by atoms with Gasteiger partial charge in [0.25, 0.3) is 0 Å². The van der Waals surface area contributed by atoms with Crippen molar-refractivity contribution in [1.82, 2.24) is 25.8 Å². The summed E-state index contributed by atoms with van der Waals surface area (Å²) in [7, 11) is 0. The van der Waals surface area contributed by atoms with E-state index in [9.17, 15) is 14.4 Å². The van der Waals surface area contributed by atoms with Crippen LogP contribution in [0.25, 0.3) is 10.2 Å². The fourth-order valence-electron chi connectivity index (χ4n) is 4.53. The molecule has 3 amide bonds. The zero-order chi connectivity index (χ0) is 29.2. The first-order chi connectivity index (χ1) is 19.8. The highest BCUT2D eigenvalue weighted by Gasteiger charge is 2.26. The lowest BCUT2D eigenvalue weighted by molar-refractivity contribution is -0.129. The number of morpholine rings is 1. The molecule has 1 aliphatic rings. The van der Waals surface area contributed by atoms with E-state index in [0.717, 1.165) is 28.9 Å². The fraction of sp³-hybridized carbons (Fsp3) is 0.400. The van der Waals surface area contributed by atoms with Crippen LogP contribution in [0.4, 0.5) is 0 Å². The number of carbonyl (C=O) groups is 3. The largest absolute Gasteiger partial charge is 0.379 e. The minimum Gasteiger partial charge on any atom is -0.379 e. The summed E-state index contributed by atoms with van der Waals surface area (Å²) >= 11 is 7.57. The highest BCUT2D eigenvalue weighted by Crippen LogP contribution is 2.26. The second kappa shape index (κ2) is 15.1. The summed E-state index contributed by atoms with van der Waals surface area (Å²) in [5.74, 6) is -0.833. The molecule has 41 heavy (non-hydrogen) atoms. The molecule has 1 saturated heterocycles. The molecule has 11 heteroatoms. The predicted molar refractivity (Wildman–Crippen MR) is 162 cm³/mol. The Bertz CT molecular complexity index is 1360. The summed E-state index contributed by atoms with van der Waals surface area (Å²) in [6, 6.07) is 13.9. The molecule has 0 aliphatic carbocycles. The van der Waals surface area contributed by atoms with Crippen LogP contribution in [0.1, 0.15) is 23.9 Å². The first-order valence-electron chi connectivity index (χ1n) is 13.8. The average molecular weight is 598 g/mol. The monoisotopic (exact) mass is 597 g/mol. The summed E-state index contributed by atoms with van der Waals surface area (Å²) in [6.45, 7) is 9.16. The second-order valence-corrected chi connectivity index (χ2v) is 11.5. The Labute approximate surface area is 249 Å². The average Bonchev–Trinajstić information content (AvgIpc) is 3.37. The van der Waals surface area contributed by atoms with Crippen LogP contribution in [0.15, 0.2) is 60.7 Å². The molecule has 0 spiro atoms. The molecule has 1 fully saturated rings. The lowest BCUT2D eigenvalue weighted by Gasteiger charge is -2.27. The van der Waals surface area contributed by atoms with Gasteiger partial charge in [-0.15, -0.1) is 11.3 Å². The summed E-state index contributed by atoms with van der Waals surface area (Å²) < 4.78 is 6.29. The molecule has 2 heterocycles. The number of amides is 3. The Hall–Kier alpha value is -3.31. The van der Waals surface area contributed by atoms with Gasteiger partial charge in [-0.05, 0) is 30.2 Å². The van der Waals surface area contributed by atoms with Crippen molar-refractivity contribution in [2.24, 2.45) is 0 Å². The van der Waals surface area contributed by atoms with E-state index in [1.54, 1.807) is 13.0 Å². The number of hydrogen-bond acceptors (Lipinski definition) is 7. The maximum Gasteiger partial charge on any atom is 0.247 e. The lowest BCUT2D eigenvalue weighted by Crippen LogP contribution is -2.53. The van der Waals surface area contributed by atoms with Gasteiger partial charge in [-0.3, -0.25) is 19.3 Å². The highest BCUT2D eigenvalue weighted by atomic mass is 35.5. The maximum absolute atomic E-state index is 13.6. The number of fused-ring (bicyclic) bond motifs is 1. The molecule has 9 nitrogen and oxygen atoms in total. The standard InChI is InChI=1S/C30H36ClN5O4S/c1-3-27(37)34-25(17-28-35-24-10-9-22(31)16-26(24)41-28)30(39)33-23(15-21-7-5-4-6-8-21)18-32-29(38)20(2)19-36-11-13-40-14-12-36/h4-10,16,23,25H,2-3,11-15,17-19H2,1H3,(H,32,38)(H,33,39)(H,34,37). The van der Waals surface area contributed by atoms with Crippen LogP contribution >= 0.6 is 22.9 Å². The number of ether oxygens (including phenoxy) is 1. The van der Waals surface area contributed by atoms with Crippen molar-refractivity contribution in [3.63, 3.8) is 0 Å². The van der Waals surface area contributed by atoms with Gasteiger partial charge in [0, 0.05) is 49.6 Å². The van der Waals surface area contributed by atoms with Crippen molar-refractivity contribution in [3.05, 3.63) is 76.3 Å². The molecule has 2 atom stereocenters. The third-order valence-electron chi connectivity index (χ3n) is 6.77. The van der Waals surface area contributed by atoms with Crippen LogP contribution in [0.2, 0.25) is 5.02 Å². The molecule has 0 bridgehead atoms. The first-order valence-corrected chi connectivity index (χ1v) is 14.9. The zero-order valence-corrected chi connectivity index (χ0v) is 24.7. The first kappa shape index (κ1) is 30.6. The number of thiazole rings is 1. The summed E-state index contributed by atoms with van der Waals surface area (Å²) in [5.41, 5.74) is 2.26. The molecule has 0 saturated carbocycles. The van der Waals surface area contributed by atoms with Gasteiger partial charge in [0.15, 0.2) is 0 Å². The van der Waals surface area contributed by atoms with E-state index in [1.165, 1.54) is 11.3 Å². The number of halogens is 1. The van der Waals surface area contributed by atoms with Gasteiger partial charge in [-0.2, -0.15) is 0 Å². The van der Waals surface area contributed by atoms with Crippen molar-refractivity contribution in [1.29, 1.82) is 0 Å². The van der Waals surface area contributed by atoms with Gasteiger partial charge in [0.05, 0.1) is 34.5 Å². The third kappa shape index (κ3) is 9.36. The van der Waals surface area contributed by atoms with Crippen molar-refractivity contribution in [3.8, 4) is 0 Å². The Morgan fingerprint density at radius 1 is 1.10 bits per heavy atom. The van der Waals surface area contributed by atoms with Gasteiger partial charge in [-0.25, -0.2) is 4.98 Å². The van der Waals surface area contributed by atoms with Gasteiger partial charge >= 0.3 is 0 Å². The number of nitrogens with one attached hydrogen (secondary N) is 3. The Balaban J connectivity index is 1.44. The van der Waals surface area contributed by atoms with Crippen molar-refractivity contribution in [2.75, 3.05) is 39.4 Å². The Morgan fingerprint density at radius 2 is 1.85 bits per heavy atom. The maximum atomic E-state index is 13.6. The van der Waals surface area contributed by atoms with E-state index in [-0.39, 0.29) is 37.1 Å². The molecule has 1 aromatic heterocycles. The van der Waals surface area contributed by atoms with E-state index in [1.807, 2.05) is 42.5 Å². The molecule has 218 valence electrons. The van der Waals surface area contributed by atoms with Crippen LogP contribution in [-0.4, -0.2) is 79.1 Å². The fourth-order valence-corrected chi connectivity index (χ4v) is 5.82. The zero-order valence-electron chi connectivity index (χ0n) is 23.2. The van der Waals surface area contributed by atoms with E-state index in [0.29, 0.717) is 41.8 Å². The molecule has 3 N–H and O–H groups in total. The molecule has 2 unspecified atom stereocenters. The number of rotatable bonds is 13. The third-order valence-corrected chi connectivity index (χ3v) is 8.04. The summed E-state index contributed by atoms with van der Waals surface area (Å²) in [5, 5.41) is 10.2. The number of hydrogen-bond donors (Lipinski definition) is 3. The summed E-state index contributed by atoms with van der Waals surface area (Å²) in [6.07, 6.45) is 0.972. The SMILES string of the molecule is C=C(CN1CCOCC1)C(=O)NCC(Cc1ccccc1)NC(=O)C(Cc1nc2ccc(Cl)cc2s1)NC(=O)CC. The molecule has 0 radical (unpaired) electrons.